The van der Waals surface area contributed by atoms with Gasteiger partial charge in [0.25, 0.3) is 0 Å². The fourth-order valence-corrected chi connectivity index (χ4v) is 1.21. The van der Waals surface area contributed by atoms with Crippen LogP contribution in [0.25, 0.3) is 0 Å². The van der Waals surface area contributed by atoms with E-state index in [1.54, 1.807) is 0 Å². The van der Waals surface area contributed by atoms with Crippen molar-refractivity contribution in [3.8, 4) is 0 Å². The van der Waals surface area contributed by atoms with Gasteiger partial charge in [-0.15, -0.1) is 0 Å². The van der Waals surface area contributed by atoms with Crippen LogP contribution in [0.3, 0.4) is 0 Å². The van der Waals surface area contributed by atoms with Gasteiger partial charge in [-0.1, -0.05) is 0 Å². The van der Waals surface area contributed by atoms with E-state index >= 15 is 0 Å². The standard InChI is InChI=1S/C8H15NO3/c1-11-8(10)6-9-5-7-3-2-4-12-7/h7,9H,2-6H2,1H3. The van der Waals surface area contributed by atoms with Gasteiger partial charge in [-0.3, -0.25) is 4.79 Å². The predicted molar refractivity (Wildman–Crippen MR) is 43.9 cm³/mol. The van der Waals surface area contributed by atoms with Crippen LogP contribution in [-0.2, 0) is 14.3 Å². The van der Waals surface area contributed by atoms with Gasteiger partial charge in [-0.25, -0.2) is 0 Å². The summed E-state index contributed by atoms with van der Waals surface area (Å²) in [7, 11) is 1.39. The SMILES string of the molecule is COC(=O)CNCC1CCCO1. The fraction of sp³-hybridized carbons (Fsp3) is 0.875. The molecule has 4 nitrogen and oxygen atoms in total. The van der Waals surface area contributed by atoms with Crippen LogP contribution in [0, 0.1) is 0 Å². The predicted octanol–water partition coefficient (Wildman–Crippen LogP) is -0.0720. The lowest BCUT2D eigenvalue weighted by atomic mass is 10.2. The van der Waals surface area contributed by atoms with E-state index < -0.39 is 0 Å². The Morgan fingerprint density at radius 3 is 3.17 bits per heavy atom. The first-order valence-corrected chi connectivity index (χ1v) is 4.22. The second-order valence-corrected chi connectivity index (χ2v) is 2.84. The Morgan fingerprint density at radius 2 is 2.58 bits per heavy atom. The molecule has 0 aromatic rings. The van der Waals surface area contributed by atoms with Gasteiger partial charge in [-0.2, -0.15) is 0 Å². The minimum atomic E-state index is -0.229. The molecule has 1 rings (SSSR count). The first-order chi connectivity index (χ1) is 5.83. The Balaban J connectivity index is 1.97. The summed E-state index contributed by atoms with van der Waals surface area (Å²) in [5, 5.41) is 2.98. The number of hydrogen-bond donors (Lipinski definition) is 1. The number of nitrogens with one attached hydrogen (secondary N) is 1. The van der Waals surface area contributed by atoms with Crippen LogP contribution >= 0.6 is 0 Å². The van der Waals surface area contributed by atoms with E-state index in [1.165, 1.54) is 7.11 Å². The van der Waals surface area contributed by atoms with Gasteiger partial charge in [0.05, 0.1) is 19.8 Å². The molecule has 1 N–H and O–H groups in total. The molecule has 0 aromatic carbocycles. The normalized spacial score (nSPS) is 22.6. The molecular formula is C8H15NO3. The Kier molecular flexibility index (Phi) is 4.04. The van der Waals surface area contributed by atoms with Gasteiger partial charge in [0.15, 0.2) is 0 Å². The lowest BCUT2D eigenvalue weighted by molar-refractivity contribution is -0.139. The van der Waals surface area contributed by atoms with Crippen molar-refractivity contribution in [3.05, 3.63) is 0 Å². The van der Waals surface area contributed by atoms with E-state index in [-0.39, 0.29) is 18.6 Å². The lowest BCUT2D eigenvalue weighted by Gasteiger charge is -2.09. The van der Waals surface area contributed by atoms with Gasteiger partial charge in [0.1, 0.15) is 0 Å². The Hall–Kier alpha value is -0.610. The number of hydrogen-bond acceptors (Lipinski definition) is 4. The average Bonchev–Trinajstić information content (AvgIpc) is 2.57. The number of carbonyl (C=O) groups excluding carboxylic acids is 1. The first kappa shape index (κ1) is 9.48. The average molecular weight is 173 g/mol. The molecule has 1 saturated heterocycles. The Labute approximate surface area is 72.2 Å². The molecule has 0 aromatic heterocycles. The molecule has 0 saturated carbocycles. The van der Waals surface area contributed by atoms with Crippen molar-refractivity contribution >= 4 is 5.97 Å². The van der Waals surface area contributed by atoms with Crippen molar-refractivity contribution in [2.24, 2.45) is 0 Å². The molecule has 0 spiro atoms. The molecule has 1 aliphatic rings. The molecule has 4 heteroatoms. The highest BCUT2D eigenvalue weighted by Gasteiger charge is 2.14. The maximum atomic E-state index is 10.7. The summed E-state index contributed by atoms with van der Waals surface area (Å²) in [6, 6.07) is 0. The van der Waals surface area contributed by atoms with E-state index in [0.29, 0.717) is 0 Å². The summed E-state index contributed by atoms with van der Waals surface area (Å²) in [5.41, 5.74) is 0. The second-order valence-electron chi connectivity index (χ2n) is 2.84. The highest BCUT2D eigenvalue weighted by molar-refractivity contribution is 5.71. The summed E-state index contributed by atoms with van der Waals surface area (Å²) in [5.74, 6) is -0.229. The first-order valence-electron chi connectivity index (χ1n) is 4.22. The number of rotatable bonds is 4. The third kappa shape index (κ3) is 3.19. The molecular weight excluding hydrogens is 158 g/mol. The van der Waals surface area contributed by atoms with Crippen molar-refractivity contribution in [3.63, 3.8) is 0 Å². The van der Waals surface area contributed by atoms with Crippen molar-refractivity contribution in [2.75, 3.05) is 26.8 Å². The molecule has 1 fully saturated rings. The smallest absolute Gasteiger partial charge is 0.319 e. The Bertz CT molecular complexity index is 143. The highest BCUT2D eigenvalue weighted by atomic mass is 16.5. The number of methoxy groups -OCH3 is 1. The maximum Gasteiger partial charge on any atom is 0.319 e. The lowest BCUT2D eigenvalue weighted by Crippen LogP contribution is -2.31. The molecule has 0 aliphatic carbocycles. The maximum absolute atomic E-state index is 10.7. The Morgan fingerprint density at radius 1 is 1.75 bits per heavy atom. The van der Waals surface area contributed by atoms with Crippen LogP contribution in [0.2, 0.25) is 0 Å². The summed E-state index contributed by atoms with van der Waals surface area (Å²) in [6.45, 7) is 1.87. The van der Waals surface area contributed by atoms with Crippen molar-refractivity contribution in [1.29, 1.82) is 0 Å². The molecule has 1 unspecified atom stereocenters. The van der Waals surface area contributed by atoms with Crippen LogP contribution in [-0.4, -0.2) is 38.9 Å². The fourth-order valence-electron chi connectivity index (χ4n) is 1.21. The van der Waals surface area contributed by atoms with Gasteiger partial charge >= 0.3 is 5.97 Å². The molecule has 0 radical (unpaired) electrons. The zero-order chi connectivity index (χ0) is 8.81. The summed E-state index contributed by atoms with van der Waals surface area (Å²) in [6.07, 6.45) is 2.51. The minimum absolute atomic E-state index is 0.229. The van der Waals surface area contributed by atoms with E-state index in [9.17, 15) is 4.79 Å². The van der Waals surface area contributed by atoms with E-state index in [0.717, 1.165) is 26.0 Å². The van der Waals surface area contributed by atoms with E-state index in [2.05, 4.69) is 10.1 Å². The molecule has 0 bridgehead atoms. The minimum Gasteiger partial charge on any atom is -0.468 e. The third-order valence-corrected chi connectivity index (χ3v) is 1.89. The highest BCUT2D eigenvalue weighted by Crippen LogP contribution is 2.10. The van der Waals surface area contributed by atoms with Crippen LogP contribution in [0.4, 0.5) is 0 Å². The zero-order valence-corrected chi connectivity index (χ0v) is 7.34. The second kappa shape index (κ2) is 5.11. The summed E-state index contributed by atoms with van der Waals surface area (Å²) in [4.78, 5) is 10.7. The molecule has 0 amide bonds. The van der Waals surface area contributed by atoms with E-state index in [1.807, 2.05) is 0 Å². The van der Waals surface area contributed by atoms with Crippen molar-refractivity contribution < 1.29 is 14.3 Å². The van der Waals surface area contributed by atoms with E-state index in [4.69, 9.17) is 4.74 Å². The molecule has 1 atom stereocenters. The molecule has 70 valence electrons. The van der Waals surface area contributed by atoms with Crippen molar-refractivity contribution in [1.82, 2.24) is 5.32 Å². The third-order valence-electron chi connectivity index (χ3n) is 1.89. The van der Waals surface area contributed by atoms with Crippen molar-refractivity contribution in [2.45, 2.75) is 18.9 Å². The summed E-state index contributed by atoms with van der Waals surface area (Å²) < 4.78 is 9.83. The zero-order valence-electron chi connectivity index (χ0n) is 7.34. The number of ether oxygens (including phenoxy) is 2. The molecule has 1 heterocycles. The largest absolute Gasteiger partial charge is 0.468 e. The monoisotopic (exact) mass is 173 g/mol. The van der Waals surface area contributed by atoms with Crippen LogP contribution in [0.5, 0.6) is 0 Å². The summed E-state index contributed by atoms with van der Waals surface area (Å²) >= 11 is 0. The van der Waals surface area contributed by atoms with Crippen LogP contribution in [0.15, 0.2) is 0 Å². The van der Waals surface area contributed by atoms with Gasteiger partial charge < -0.3 is 14.8 Å². The van der Waals surface area contributed by atoms with Gasteiger partial charge in [-0.05, 0) is 12.8 Å². The quantitative estimate of drug-likeness (QED) is 0.604. The van der Waals surface area contributed by atoms with Gasteiger partial charge in [0.2, 0.25) is 0 Å². The van der Waals surface area contributed by atoms with Crippen LogP contribution < -0.4 is 5.32 Å². The number of carbonyl (C=O) groups is 1. The van der Waals surface area contributed by atoms with Gasteiger partial charge in [0, 0.05) is 13.2 Å². The molecule has 12 heavy (non-hydrogen) atoms. The van der Waals surface area contributed by atoms with Crippen LogP contribution in [0.1, 0.15) is 12.8 Å². The number of esters is 1. The molecule has 1 aliphatic heterocycles. The topological polar surface area (TPSA) is 47.6 Å².